The molecule has 1 aliphatic carbocycles. The number of hydrogen-bond acceptors (Lipinski definition) is 3. The average molecular weight is 425 g/mol. The fraction of sp³-hybridized carbons (Fsp3) is 1.00. The van der Waals surface area contributed by atoms with Crippen LogP contribution in [0.1, 0.15) is 91.9 Å². The van der Waals surface area contributed by atoms with Crippen molar-refractivity contribution in [3.05, 3.63) is 0 Å². The van der Waals surface area contributed by atoms with Gasteiger partial charge in [0.1, 0.15) is 0 Å². The Hall–Kier alpha value is 0.260. The zero-order valence-electron chi connectivity index (χ0n) is 17.1. The maximum Gasteiger partial charge on any atom is 0.355 e. The molecule has 1 saturated heterocycles. The highest BCUT2D eigenvalue weighted by Crippen LogP contribution is 2.72. The molecular weight excluding hydrogens is 388 g/mol. The molecule has 1 saturated carbocycles. The van der Waals surface area contributed by atoms with Gasteiger partial charge in [-0.3, -0.25) is 14.0 Å². The molecule has 0 radical (unpaired) electrons. The van der Waals surface area contributed by atoms with Gasteiger partial charge in [-0.05, 0) is 50.4 Å². The molecule has 1 spiro atoms. The van der Waals surface area contributed by atoms with E-state index in [4.69, 9.17) is 0 Å². The van der Waals surface area contributed by atoms with E-state index in [1.165, 1.54) is 0 Å². The summed E-state index contributed by atoms with van der Waals surface area (Å²) >= 11 is 0. The molecule has 160 valence electrons. The molecule has 0 aromatic rings. The molecule has 1 aliphatic heterocycles. The van der Waals surface area contributed by atoms with Crippen molar-refractivity contribution in [2.24, 2.45) is 5.41 Å². The third kappa shape index (κ3) is 3.63. The van der Waals surface area contributed by atoms with Crippen LogP contribution in [0.3, 0.4) is 0 Å². The van der Waals surface area contributed by atoms with Crippen molar-refractivity contribution in [2.75, 3.05) is 0 Å². The lowest BCUT2D eigenvalue weighted by molar-refractivity contribution is -0.0298. The van der Waals surface area contributed by atoms with E-state index in [0.717, 1.165) is 51.4 Å². The van der Waals surface area contributed by atoms with E-state index >= 15 is 0 Å². The molecule has 2 fully saturated rings. The van der Waals surface area contributed by atoms with Gasteiger partial charge in [-0.25, -0.2) is 0 Å². The van der Waals surface area contributed by atoms with Crippen LogP contribution in [-0.4, -0.2) is 41.1 Å². The van der Waals surface area contributed by atoms with Crippen LogP contribution in [0.15, 0.2) is 0 Å². The van der Waals surface area contributed by atoms with E-state index < -0.39 is 31.8 Å². The van der Waals surface area contributed by atoms with Gasteiger partial charge < -0.3 is 19.6 Å². The number of rotatable bonds is 7. The van der Waals surface area contributed by atoms with Gasteiger partial charge >= 0.3 is 15.2 Å². The van der Waals surface area contributed by atoms with Crippen molar-refractivity contribution in [2.45, 2.75) is 109 Å². The van der Waals surface area contributed by atoms with Gasteiger partial charge in [-0.2, -0.15) is 0 Å². The van der Waals surface area contributed by atoms with E-state index in [9.17, 15) is 28.7 Å². The van der Waals surface area contributed by atoms with E-state index in [2.05, 4.69) is 13.8 Å². The van der Waals surface area contributed by atoms with E-state index in [0.29, 0.717) is 12.8 Å². The monoisotopic (exact) mass is 425 g/mol. The van der Waals surface area contributed by atoms with Crippen molar-refractivity contribution >= 4 is 15.2 Å². The Balaban J connectivity index is 2.83. The van der Waals surface area contributed by atoms with Crippen LogP contribution in [0, 0.1) is 5.41 Å². The molecule has 7 nitrogen and oxygen atoms in total. The quantitative estimate of drug-likeness (QED) is 0.447. The molecule has 9 heteroatoms. The SMILES string of the molecule is CCC1(CC)CC2(CCCCC2)N(C(P(=O)(O)O)P(=O)(O)O)C1(CC)CC. The molecule has 27 heavy (non-hydrogen) atoms. The normalized spacial score (nSPS) is 25.4. The fourth-order valence-electron chi connectivity index (χ4n) is 6.68. The molecule has 0 bridgehead atoms. The summed E-state index contributed by atoms with van der Waals surface area (Å²) in [7, 11) is -10.1. The Morgan fingerprint density at radius 3 is 1.59 bits per heavy atom. The first-order valence-corrected chi connectivity index (χ1v) is 13.7. The Labute approximate surface area is 163 Å². The van der Waals surface area contributed by atoms with Crippen LogP contribution in [0.2, 0.25) is 0 Å². The maximum absolute atomic E-state index is 12.5. The predicted octanol–water partition coefficient (Wildman–Crippen LogP) is 4.40. The Morgan fingerprint density at radius 1 is 0.815 bits per heavy atom. The van der Waals surface area contributed by atoms with Gasteiger partial charge in [0.2, 0.25) is 5.52 Å². The molecule has 2 aliphatic rings. The minimum atomic E-state index is -5.06. The largest absolute Gasteiger partial charge is 0.355 e. The Morgan fingerprint density at radius 2 is 1.26 bits per heavy atom. The van der Waals surface area contributed by atoms with Gasteiger partial charge in [0.15, 0.2) is 0 Å². The first kappa shape index (κ1) is 23.5. The Kier molecular flexibility index (Phi) is 6.83. The summed E-state index contributed by atoms with van der Waals surface area (Å²) < 4.78 is 24.9. The topological polar surface area (TPSA) is 118 Å². The summed E-state index contributed by atoms with van der Waals surface area (Å²) in [5.41, 5.74) is -3.46. The van der Waals surface area contributed by atoms with Crippen molar-refractivity contribution in [1.82, 2.24) is 4.90 Å². The van der Waals surface area contributed by atoms with E-state index in [1.54, 1.807) is 4.90 Å². The third-order valence-electron chi connectivity index (χ3n) is 7.77. The summed E-state index contributed by atoms with van der Waals surface area (Å²) in [6, 6.07) is 0. The van der Waals surface area contributed by atoms with Crippen LogP contribution < -0.4 is 0 Å². The molecule has 1 heterocycles. The van der Waals surface area contributed by atoms with Crippen LogP contribution >= 0.6 is 15.2 Å². The summed E-state index contributed by atoms with van der Waals surface area (Å²) in [6.07, 6.45) is 8.05. The van der Waals surface area contributed by atoms with Crippen molar-refractivity contribution in [3.63, 3.8) is 0 Å². The lowest BCUT2D eigenvalue weighted by atomic mass is 9.62. The molecule has 0 atom stereocenters. The smallest absolute Gasteiger partial charge is 0.323 e. The minimum absolute atomic E-state index is 0.212. The second kappa shape index (κ2) is 7.83. The van der Waals surface area contributed by atoms with Crippen LogP contribution in [0.5, 0.6) is 0 Å². The molecule has 0 unspecified atom stereocenters. The summed E-state index contributed by atoms with van der Waals surface area (Å²) in [5, 5.41) is 0. The van der Waals surface area contributed by atoms with Crippen LogP contribution in [0.25, 0.3) is 0 Å². The van der Waals surface area contributed by atoms with Crippen molar-refractivity contribution < 1.29 is 28.7 Å². The summed E-state index contributed by atoms with van der Waals surface area (Å²) in [6.45, 7) is 8.20. The van der Waals surface area contributed by atoms with Gasteiger partial charge in [-0.1, -0.05) is 47.0 Å². The average Bonchev–Trinajstić information content (AvgIpc) is 2.80. The lowest BCUT2D eigenvalue weighted by Gasteiger charge is -2.54. The fourth-order valence-corrected chi connectivity index (χ4v) is 9.78. The molecule has 0 aromatic heterocycles. The minimum Gasteiger partial charge on any atom is -0.323 e. The zero-order valence-corrected chi connectivity index (χ0v) is 18.9. The second-order valence-corrected chi connectivity index (χ2v) is 12.3. The van der Waals surface area contributed by atoms with E-state index in [-0.39, 0.29) is 5.41 Å². The third-order valence-corrected chi connectivity index (χ3v) is 11.2. The first-order valence-electron chi connectivity index (χ1n) is 10.3. The lowest BCUT2D eigenvalue weighted by Crippen LogP contribution is -2.61. The van der Waals surface area contributed by atoms with Gasteiger partial charge in [0.05, 0.1) is 0 Å². The highest BCUT2D eigenvalue weighted by atomic mass is 31.2. The number of nitrogens with zero attached hydrogens (tertiary/aromatic N) is 1. The van der Waals surface area contributed by atoms with Crippen LogP contribution in [0.4, 0.5) is 0 Å². The van der Waals surface area contributed by atoms with Gasteiger partial charge in [-0.15, -0.1) is 0 Å². The maximum atomic E-state index is 12.5. The highest BCUT2D eigenvalue weighted by Gasteiger charge is 2.70. The summed E-state index contributed by atoms with van der Waals surface area (Å²) in [4.78, 5) is 42.1. The number of hydrogen-bond donors (Lipinski definition) is 4. The van der Waals surface area contributed by atoms with Gasteiger partial charge in [0, 0.05) is 11.1 Å². The molecule has 2 rings (SSSR count). The zero-order chi connectivity index (χ0) is 20.7. The summed E-state index contributed by atoms with van der Waals surface area (Å²) in [5.74, 6) is 0. The van der Waals surface area contributed by atoms with Crippen LogP contribution in [-0.2, 0) is 9.13 Å². The Bertz CT molecular complexity index is 591. The second-order valence-electron chi connectivity index (χ2n) is 8.58. The predicted molar refractivity (Wildman–Crippen MR) is 106 cm³/mol. The van der Waals surface area contributed by atoms with E-state index in [1.807, 2.05) is 13.8 Å². The number of likely N-dealkylation sites (tertiary alicyclic amines) is 1. The standard InChI is InChI=1S/C18H37NO6P2/c1-5-16(6-2)14-17(12-10-9-11-13-17)19(18(16,7-3)8-4)15(26(20,21)22)27(23,24)25/h15H,5-14H2,1-4H3,(H2,20,21,22)(H2,23,24,25). The van der Waals surface area contributed by atoms with Crippen molar-refractivity contribution in [3.8, 4) is 0 Å². The molecular formula is C18H37NO6P2. The molecule has 0 amide bonds. The van der Waals surface area contributed by atoms with Crippen molar-refractivity contribution in [1.29, 1.82) is 0 Å². The van der Waals surface area contributed by atoms with Gasteiger partial charge in [0.25, 0.3) is 0 Å². The molecule has 4 N–H and O–H groups in total. The molecule has 0 aromatic carbocycles. The highest BCUT2D eigenvalue weighted by molar-refractivity contribution is 7.70. The first-order chi connectivity index (χ1) is 12.4.